The Hall–Kier alpha value is -1.75. The summed E-state index contributed by atoms with van der Waals surface area (Å²) in [5.41, 5.74) is 10.1. The highest BCUT2D eigenvalue weighted by molar-refractivity contribution is 5.95. The van der Waals surface area contributed by atoms with Crippen LogP contribution in [0.3, 0.4) is 0 Å². The highest BCUT2D eigenvalue weighted by Crippen LogP contribution is 2.33. The number of anilines is 3. The van der Waals surface area contributed by atoms with Crippen LogP contribution in [-0.4, -0.2) is 44.0 Å². The Labute approximate surface area is 113 Å². The molecule has 3 N–H and O–H groups in total. The molecule has 5 nitrogen and oxygen atoms in total. The van der Waals surface area contributed by atoms with E-state index in [4.69, 9.17) is 5.73 Å². The molecule has 0 radical (unpaired) electrons. The summed E-state index contributed by atoms with van der Waals surface area (Å²) in [5.74, 6) is 0.0826. The van der Waals surface area contributed by atoms with Crippen LogP contribution in [0.15, 0.2) is 12.1 Å². The predicted octanol–water partition coefficient (Wildman–Crippen LogP) is 0.905. The molecule has 0 atom stereocenters. The molecule has 0 aromatic heterocycles. The molecular formula is C14H20N4O. The second-order valence-corrected chi connectivity index (χ2v) is 5.41. The van der Waals surface area contributed by atoms with Gasteiger partial charge in [-0.15, -0.1) is 0 Å². The third-order valence-corrected chi connectivity index (χ3v) is 3.99. The summed E-state index contributed by atoms with van der Waals surface area (Å²) in [5, 5.41) is 2.89. The molecule has 1 fully saturated rings. The van der Waals surface area contributed by atoms with E-state index in [0.29, 0.717) is 6.42 Å². The predicted molar refractivity (Wildman–Crippen MR) is 77.5 cm³/mol. The summed E-state index contributed by atoms with van der Waals surface area (Å²) in [4.78, 5) is 16.1. The van der Waals surface area contributed by atoms with Crippen LogP contribution in [0.4, 0.5) is 17.1 Å². The van der Waals surface area contributed by atoms with Crippen LogP contribution in [0.5, 0.6) is 0 Å². The van der Waals surface area contributed by atoms with Gasteiger partial charge in [0.05, 0.1) is 11.4 Å². The first-order valence-corrected chi connectivity index (χ1v) is 6.79. The number of piperazine rings is 1. The van der Waals surface area contributed by atoms with Gasteiger partial charge in [-0.1, -0.05) is 0 Å². The van der Waals surface area contributed by atoms with E-state index in [9.17, 15) is 4.79 Å². The van der Waals surface area contributed by atoms with Gasteiger partial charge in [0.2, 0.25) is 5.91 Å². The lowest BCUT2D eigenvalue weighted by Crippen LogP contribution is -2.44. The van der Waals surface area contributed by atoms with Crippen molar-refractivity contribution in [2.24, 2.45) is 0 Å². The van der Waals surface area contributed by atoms with Crippen LogP contribution in [-0.2, 0) is 11.2 Å². The fraction of sp³-hybridized carbons (Fsp3) is 0.500. The van der Waals surface area contributed by atoms with E-state index >= 15 is 0 Å². The Morgan fingerprint density at radius 2 is 1.89 bits per heavy atom. The van der Waals surface area contributed by atoms with Gasteiger partial charge in [-0.2, -0.15) is 0 Å². The van der Waals surface area contributed by atoms with Crippen molar-refractivity contribution in [3.05, 3.63) is 17.7 Å². The summed E-state index contributed by atoms with van der Waals surface area (Å²) >= 11 is 0. The third kappa shape index (κ3) is 2.38. The molecule has 1 amide bonds. The third-order valence-electron chi connectivity index (χ3n) is 3.99. The molecule has 0 bridgehead atoms. The second kappa shape index (κ2) is 4.74. The van der Waals surface area contributed by atoms with Crippen molar-refractivity contribution < 1.29 is 4.79 Å². The molecule has 0 aliphatic carbocycles. The average Bonchev–Trinajstić information content (AvgIpc) is 2.39. The van der Waals surface area contributed by atoms with Crippen molar-refractivity contribution in [3.8, 4) is 0 Å². The minimum absolute atomic E-state index is 0.0826. The van der Waals surface area contributed by atoms with Crippen LogP contribution >= 0.6 is 0 Å². The van der Waals surface area contributed by atoms with E-state index in [0.717, 1.165) is 49.7 Å². The molecule has 2 aliphatic rings. The van der Waals surface area contributed by atoms with Crippen molar-refractivity contribution in [2.45, 2.75) is 12.8 Å². The second-order valence-electron chi connectivity index (χ2n) is 5.41. The topological polar surface area (TPSA) is 61.6 Å². The number of nitrogens with zero attached hydrogens (tertiary/aromatic N) is 2. The zero-order valence-corrected chi connectivity index (χ0v) is 11.3. The number of benzene rings is 1. The van der Waals surface area contributed by atoms with E-state index in [2.05, 4.69) is 28.2 Å². The number of carbonyl (C=O) groups is 1. The number of hydrogen-bond donors (Lipinski definition) is 2. The van der Waals surface area contributed by atoms with Gasteiger partial charge in [-0.25, -0.2) is 0 Å². The number of aryl methyl sites for hydroxylation is 1. The Balaban J connectivity index is 1.88. The van der Waals surface area contributed by atoms with Crippen LogP contribution in [0.1, 0.15) is 12.0 Å². The number of rotatable bonds is 1. The molecule has 0 unspecified atom stereocenters. The molecular weight excluding hydrogens is 240 g/mol. The number of nitrogens with one attached hydrogen (secondary N) is 1. The van der Waals surface area contributed by atoms with Crippen molar-refractivity contribution in [3.63, 3.8) is 0 Å². The van der Waals surface area contributed by atoms with Crippen LogP contribution in [0.2, 0.25) is 0 Å². The molecule has 1 aromatic rings. The van der Waals surface area contributed by atoms with Crippen molar-refractivity contribution in [1.29, 1.82) is 0 Å². The summed E-state index contributed by atoms with van der Waals surface area (Å²) < 4.78 is 0. The lowest BCUT2D eigenvalue weighted by atomic mass is 10.0. The number of nitrogen functional groups attached to an aromatic ring is 1. The van der Waals surface area contributed by atoms with Gasteiger partial charge < -0.3 is 20.9 Å². The molecule has 19 heavy (non-hydrogen) atoms. The van der Waals surface area contributed by atoms with Crippen LogP contribution in [0.25, 0.3) is 0 Å². The fourth-order valence-corrected chi connectivity index (χ4v) is 2.75. The first-order valence-electron chi connectivity index (χ1n) is 6.79. The Bertz CT molecular complexity index is 506. The van der Waals surface area contributed by atoms with Gasteiger partial charge in [-0.3, -0.25) is 4.79 Å². The van der Waals surface area contributed by atoms with Gasteiger partial charge in [0.1, 0.15) is 0 Å². The van der Waals surface area contributed by atoms with Crippen molar-refractivity contribution in [2.75, 3.05) is 49.2 Å². The monoisotopic (exact) mass is 260 g/mol. The number of hydrogen-bond acceptors (Lipinski definition) is 4. The summed E-state index contributed by atoms with van der Waals surface area (Å²) in [6.45, 7) is 4.14. The Kier molecular flexibility index (Phi) is 3.06. The Morgan fingerprint density at radius 1 is 1.16 bits per heavy atom. The zero-order valence-electron chi connectivity index (χ0n) is 11.3. The maximum atomic E-state index is 11.4. The summed E-state index contributed by atoms with van der Waals surface area (Å²) in [7, 11) is 2.14. The molecule has 0 saturated carbocycles. The molecule has 3 rings (SSSR count). The molecule has 1 aromatic carbocycles. The maximum Gasteiger partial charge on any atom is 0.224 e. The molecule has 5 heteroatoms. The molecule has 1 saturated heterocycles. The molecule has 2 heterocycles. The normalized spacial score (nSPS) is 20.1. The smallest absolute Gasteiger partial charge is 0.224 e. The quantitative estimate of drug-likeness (QED) is 0.737. The van der Waals surface area contributed by atoms with Crippen molar-refractivity contribution >= 4 is 23.0 Å². The highest BCUT2D eigenvalue weighted by Gasteiger charge is 2.21. The lowest BCUT2D eigenvalue weighted by molar-refractivity contribution is -0.116. The average molecular weight is 260 g/mol. The van der Waals surface area contributed by atoms with Crippen molar-refractivity contribution in [1.82, 2.24) is 4.90 Å². The zero-order chi connectivity index (χ0) is 13.4. The summed E-state index contributed by atoms with van der Waals surface area (Å²) in [6, 6.07) is 4.05. The maximum absolute atomic E-state index is 11.4. The SMILES string of the molecule is CN1CCN(c2cc3c(cc2N)NC(=O)CC3)CC1. The first kappa shape index (κ1) is 12.3. The minimum Gasteiger partial charge on any atom is -0.397 e. The van der Waals surface area contributed by atoms with Gasteiger partial charge in [0.15, 0.2) is 0 Å². The number of nitrogens with two attached hydrogens (primary N) is 1. The van der Waals surface area contributed by atoms with Crippen LogP contribution in [0, 0.1) is 0 Å². The van der Waals surface area contributed by atoms with Gasteiger partial charge >= 0.3 is 0 Å². The van der Waals surface area contributed by atoms with Gasteiger partial charge in [0, 0.05) is 38.3 Å². The van der Waals surface area contributed by atoms with Gasteiger partial charge in [0.25, 0.3) is 0 Å². The standard InChI is InChI=1S/C14H20N4O/c1-17-4-6-18(7-5-17)13-8-10-2-3-14(19)16-12(10)9-11(13)15/h8-9H,2-7,15H2,1H3,(H,16,19). The van der Waals surface area contributed by atoms with E-state index in [1.54, 1.807) is 0 Å². The fourth-order valence-electron chi connectivity index (χ4n) is 2.75. The lowest BCUT2D eigenvalue weighted by Gasteiger charge is -2.35. The number of fused-ring (bicyclic) bond motifs is 1. The first-order chi connectivity index (χ1) is 9.13. The van der Waals surface area contributed by atoms with E-state index in [1.165, 1.54) is 5.56 Å². The summed E-state index contributed by atoms with van der Waals surface area (Å²) in [6.07, 6.45) is 1.38. The molecule has 2 aliphatic heterocycles. The number of likely N-dealkylation sites (N-methyl/N-ethyl adjacent to an activating group) is 1. The minimum atomic E-state index is 0.0826. The van der Waals surface area contributed by atoms with E-state index < -0.39 is 0 Å². The van der Waals surface area contributed by atoms with Crippen LogP contribution < -0.4 is 16.0 Å². The Morgan fingerprint density at radius 3 is 2.63 bits per heavy atom. The largest absolute Gasteiger partial charge is 0.397 e. The highest BCUT2D eigenvalue weighted by atomic mass is 16.1. The molecule has 102 valence electrons. The molecule has 0 spiro atoms. The van der Waals surface area contributed by atoms with E-state index in [-0.39, 0.29) is 5.91 Å². The van der Waals surface area contributed by atoms with Gasteiger partial charge in [-0.05, 0) is 31.2 Å². The van der Waals surface area contributed by atoms with E-state index in [1.807, 2.05) is 6.07 Å². The number of amides is 1. The number of carbonyl (C=O) groups excluding carboxylic acids is 1.